The molecule has 0 radical (unpaired) electrons. The van der Waals surface area contributed by atoms with Gasteiger partial charge in [0.2, 0.25) is 0 Å². The second-order valence-electron chi connectivity index (χ2n) is 5.21. The lowest BCUT2D eigenvalue weighted by Gasteiger charge is -2.23. The molecule has 2 heterocycles. The minimum Gasteiger partial charge on any atom is -0.481 e. The van der Waals surface area contributed by atoms with Crippen molar-refractivity contribution < 1.29 is 9.90 Å². The maximum absolute atomic E-state index is 10.9. The highest BCUT2D eigenvalue weighted by molar-refractivity contribution is 5.69. The van der Waals surface area contributed by atoms with Gasteiger partial charge in [-0.1, -0.05) is 13.8 Å². The van der Waals surface area contributed by atoms with Crippen molar-refractivity contribution >= 4 is 5.97 Å². The van der Waals surface area contributed by atoms with Crippen molar-refractivity contribution in [3.8, 4) is 0 Å². The van der Waals surface area contributed by atoms with Crippen LogP contribution in [0.15, 0.2) is 0 Å². The molecule has 0 aromatic carbocycles. The Labute approximate surface area is 113 Å². The molecule has 0 fully saturated rings. The van der Waals surface area contributed by atoms with E-state index in [2.05, 4.69) is 19.7 Å². The standard InChI is InChI=1S/C13H22N4O2/c1-3-16(8-10(2)13(18)19)9-12-15-14-11-6-4-5-7-17(11)12/h10H,3-9H2,1-2H3,(H,18,19). The van der Waals surface area contributed by atoms with E-state index in [9.17, 15) is 4.79 Å². The molecule has 19 heavy (non-hydrogen) atoms. The number of hydrogen-bond acceptors (Lipinski definition) is 4. The molecule has 1 aromatic rings. The molecule has 0 amide bonds. The summed E-state index contributed by atoms with van der Waals surface area (Å²) in [5.74, 6) is 0.933. The van der Waals surface area contributed by atoms with Crippen molar-refractivity contribution in [3.63, 3.8) is 0 Å². The number of nitrogens with zero attached hydrogens (tertiary/aromatic N) is 4. The zero-order chi connectivity index (χ0) is 13.8. The third-order valence-electron chi connectivity index (χ3n) is 3.70. The average Bonchev–Trinajstić information content (AvgIpc) is 2.81. The van der Waals surface area contributed by atoms with Gasteiger partial charge >= 0.3 is 5.97 Å². The van der Waals surface area contributed by atoms with E-state index in [1.807, 2.05) is 6.92 Å². The van der Waals surface area contributed by atoms with E-state index >= 15 is 0 Å². The van der Waals surface area contributed by atoms with Gasteiger partial charge in [-0.05, 0) is 19.4 Å². The van der Waals surface area contributed by atoms with Crippen LogP contribution in [-0.2, 0) is 24.3 Å². The van der Waals surface area contributed by atoms with E-state index in [-0.39, 0.29) is 5.92 Å². The molecule has 0 aliphatic carbocycles. The van der Waals surface area contributed by atoms with Gasteiger partial charge in [0.25, 0.3) is 0 Å². The molecular weight excluding hydrogens is 244 g/mol. The van der Waals surface area contributed by atoms with Crippen LogP contribution in [0.5, 0.6) is 0 Å². The van der Waals surface area contributed by atoms with Gasteiger partial charge in [0.15, 0.2) is 0 Å². The first kappa shape index (κ1) is 14.0. The summed E-state index contributed by atoms with van der Waals surface area (Å²) in [5, 5.41) is 17.5. The molecule has 1 aliphatic rings. The van der Waals surface area contributed by atoms with E-state index < -0.39 is 5.97 Å². The maximum atomic E-state index is 10.9. The maximum Gasteiger partial charge on any atom is 0.307 e. The summed E-state index contributed by atoms with van der Waals surface area (Å²) in [6.45, 7) is 6.82. The van der Waals surface area contributed by atoms with Crippen molar-refractivity contribution in [2.24, 2.45) is 5.92 Å². The van der Waals surface area contributed by atoms with Gasteiger partial charge in [-0.25, -0.2) is 0 Å². The third-order valence-corrected chi connectivity index (χ3v) is 3.70. The largest absolute Gasteiger partial charge is 0.481 e. The first-order chi connectivity index (χ1) is 9.11. The Bertz CT molecular complexity index is 444. The number of carbonyl (C=O) groups is 1. The molecule has 0 saturated carbocycles. The number of carboxylic acid groups (broad SMARTS) is 1. The second-order valence-corrected chi connectivity index (χ2v) is 5.21. The topological polar surface area (TPSA) is 71.2 Å². The van der Waals surface area contributed by atoms with Crippen molar-refractivity contribution in [2.45, 2.75) is 46.2 Å². The predicted octanol–water partition coefficient (Wildman–Crippen LogP) is 1.16. The molecule has 1 N–H and O–H groups in total. The fraction of sp³-hybridized carbons (Fsp3) is 0.769. The fourth-order valence-electron chi connectivity index (χ4n) is 2.46. The Morgan fingerprint density at radius 2 is 2.26 bits per heavy atom. The Hall–Kier alpha value is -1.43. The molecular formula is C13H22N4O2. The predicted molar refractivity (Wildman–Crippen MR) is 70.7 cm³/mol. The van der Waals surface area contributed by atoms with Gasteiger partial charge < -0.3 is 9.67 Å². The summed E-state index contributed by atoms with van der Waals surface area (Å²) in [4.78, 5) is 13.0. The van der Waals surface area contributed by atoms with Crippen LogP contribution in [0.3, 0.4) is 0 Å². The molecule has 0 saturated heterocycles. The molecule has 1 aliphatic heterocycles. The normalized spacial score (nSPS) is 16.4. The molecule has 1 unspecified atom stereocenters. The van der Waals surface area contributed by atoms with Crippen LogP contribution in [0.2, 0.25) is 0 Å². The zero-order valence-electron chi connectivity index (χ0n) is 11.7. The molecule has 6 heteroatoms. The van der Waals surface area contributed by atoms with Gasteiger partial charge in [-0.15, -0.1) is 10.2 Å². The second kappa shape index (κ2) is 6.14. The van der Waals surface area contributed by atoms with E-state index in [0.29, 0.717) is 13.1 Å². The molecule has 2 rings (SSSR count). The van der Waals surface area contributed by atoms with Crippen molar-refractivity contribution in [1.82, 2.24) is 19.7 Å². The highest BCUT2D eigenvalue weighted by Crippen LogP contribution is 2.15. The number of rotatable bonds is 6. The highest BCUT2D eigenvalue weighted by Gasteiger charge is 2.20. The summed E-state index contributed by atoms with van der Waals surface area (Å²) in [6.07, 6.45) is 3.37. The molecule has 0 spiro atoms. The van der Waals surface area contributed by atoms with Crippen LogP contribution in [0.1, 0.15) is 38.3 Å². The number of fused-ring (bicyclic) bond motifs is 1. The van der Waals surface area contributed by atoms with E-state index in [0.717, 1.165) is 31.2 Å². The number of carboxylic acids is 1. The summed E-state index contributed by atoms with van der Waals surface area (Å²) in [5.41, 5.74) is 0. The van der Waals surface area contributed by atoms with Crippen LogP contribution in [0, 0.1) is 5.92 Å². The van der Waals surface area contributed by atoms with Gasteiger partial charge in [0.05, 0.1) is 12.5 Å². The monoisotopic (exact) mass is 266 g/mol. The number of aromatic nitrogens is 3. The SMILES string of the molecule is CCN(Cc1nnc2n1CCCC2)CC(C)C(=O)O. The van der Waals surface area contributed by atoms with Gasteiger partial charge in [-0.3, -0.25) is 9.69 Å². The number of aliphatic carboxylic acids is 1. The minimum absolute atomic E-state index is 0.358. The van der Waals surface area contributed by atoms with Crippen LogP contribution < -0.4 is 0 Å². The first-order valence-electron chi connectivity index (χ1n) is 6.98. The molecule has 1 atom stereocenters. The van der Waals surface area contributed by atoms with Crippen LogP contribution in [-0.4, -0.2) is 43.8 Å². The number of hydrogen-bond donors (Lipinski definition) is 1. The van der Waals surface area contributed by atoms with Gasteiger partial charge in [-0.2, -0.15) is 0 Å². The zero-order valence-corrected chi connectivity index (χ0v) is 11.7. The smallest absolute Gasteiger partial charge is 0.307 e. The summed E-state index contributed by atoms with van der Waals surface area (Å²) in [7, 11) is 0. The summed E-state index contributed by atoms with van der Waals surface area (Å²) >= 11 is 0. The Morgan fingerprint density at radius 3 is 2.95 bits per heavy atom. The van der Waals surface area contributed by atoms with E-state index in [1.165, 1.54) is 12.8 Å². The van der Waals surface area contributed by atoms with Crippen molar-refractivity contribution in [2.75, 3.05) is 13.1 Å². The lowest BCUT2D eigenvalue weighted by Crippen LogP contribution is -2.32. The molecule has 106 valence electrons. The lowest BCUT2D eigenvalue weighted by molar-refractivity contribution is -0.141. The quantitative estimate of drug-likeness (QED) is 0.836. The van der Waals surface area contributed by atoms with Crippen LogP contribution in [0.25, 0.3) is 0 Å². The Kier molecular flexibility index (Phi) is 4.52. The van der Waals surface area contributed by atoms with E-state index in [4.69, 9.17) is 5.11 Å². The highest BCUT2D eigenvalue weighted by atomic mass is 16.4. The van der Waals surface area contributed by atoms with E-state index in [1.54, 1.807) is 6.92 Å². The van der Waals surface area contributed by atoms with Crippen LogP contribution in [0.4, 0.5) is 0 Å². The molecule has 0 bridgehead atoms. The Morgan fingerprint density at radius 1 is 1.47 bits per heavy atom. The number of aryl methyl sites for hydroxylation is 1. The molecule has 6 nitrogen and oxygen atoms in total. The lowest BCUT2D eigenvalue weighted by atomic mass is 10.1. The Balaban J connectivity index is 2.02. The van der Waals surface area contributed by atoms with Crippen molar-refractivity contribution in [1.29, 1.82) is 0 Å². The van der Waals surface area contributed by atoms with Crippen LogP contribution >= 0.6 is 0 Å². The van der Waals surface area contributed by atoms with Gasteiger partial charge in [0, 0.05) is 19.5 Å². The average molecular weight is 266 g/mol. The molecule has 1 aromatic heterocycles. The minimum atomic E-state index is -0.748. The fourth-order valence-corrected chi connectivity index (χ4v) is 2.46. The third kappa shape index (κ3) is 3.32. The first-order valence-corrected chi connectivity index (χ1v) is 6.98. The van der Waals surface area contributed by atoms with Crippen molar-refractivity contribution in [3.05, 3.63) is 11.6 Å². The van der Waals surface area contributed by atoms with Gasteiger partial charge in [0.1, 0.15) is 11.6 Å². The summed E-state index contributed by atoms with van der Waals surface area (Å²) < 4.78 is 2.19. The summed E-state index contributed by atoms with van der Waals surface area (Å²) in [6, 6.07) is 0.